The molecule has 142 valence electrons. The summed E-state index contributed by atoms with van der Waals surface area (Å²) in [5.74, 6) is 0.428. The largest absolute Gasteiger partial charge is 0.482 e. The van der Waals surface area contributed by atoms with Gasteiger partial charge in [-0.1, -0.05) is 24.2 Å². The van der Waals surface area contributed by atoms with Crippen molar-refractivity contribution in [3.8, 4) is 5.75 Å². The maximum Gasteiger partial charge on any atom is 0.260 e. The SMILES string of the molecule is C=CS(=O)(=O)N1CCC2(CC1)CN(C(=O)COc1ccc(C)cc1Cl)C2. The van der Waals surface area contributed by atoms with Crippen LogP contribution in [0.15, 0.2) is 30.2 Å². The summed E-state index contributed by atoms with van der Waals surface area (Å²) in [6.45, 7) is 7.51. The van der Waals surface area contributed by atoms with Crippen LogP contribution in [-0.2, 0) is 14.8 Å². The Hall–Kier alpha value is -1.57. The van der Waals surface area contributed by atoms with Gasteiger partial charge in [0.2, 0.25) is 10.0 Å². The minimum Gasteiger partial charge on any atom is -0.482 e. The second-order valence-corrected chi connectivity index (χ2v) is 9.37. The smallest absolute Gasteiger partial charge is 0.260 e. The Kier molecular flexibility index (Phi) is 5.33. The number of likely N-dealkylation sites (tertiary alicyclic amines) is 1. The lowest BCUT2D eigenvalue weighted by Gasteiger charge is -2.53. The van der Waals surface area contributed by atoms with E-state index in [1.54, 1.807) is 17.0 Å². The zero-order chi connectivity index (χ0) is 18.9. The molecule has 6 nitrogen and oxygen atoms in total. The van der Waals surface area contributed by atoms with Crippen LogP contribution in [0.25, 0.3) is 0 Å². The zero-order valence-electron chi connectivity index (χ0n) is 14.8. The van der Waals surface area contributed by atoms with Crippen LogP contribution in [0.4, 0.5) is 0 Å². The average Bonchev–Trinajstić information content (AvgIpc) is 2.58. The summed E-state index contributed by atoms with van der Waals surface area (Å²) in [4.78, 5) is 14.1. The van der Waals surface area contributed by atoms with Crippen LogP contribution in [0.5, 0.6) is 5.75 Å². The number of sulfonamides is 1. The van der Waals surface area contributed by atoms with E-state index in [-0.39, 0.29) is 17.9 Å². The molecule has 2 aliphatic rings. The molecule has 3 rings (SSSR count). The first kappa shape index (κ1) is 19.2. The van der Waals surface area contributed by atoms with Crippen molar-refractivity contribution < 1.29 is 17.9 Å². The highest BCUT2D eigenvalue weighted by atomic mass is 35.5. The van der Waals surface area contributed by atoms with E-state index in [0.717, 1.165) is 23.8 Å². The first-order valence-electron chi connectivity index (χ1n) is 8.54. The number of hydrogen-bond acceptors (Lipinski definition) is 4. The summed E-state index contributed by atoms with van der Waals surface area (Å²) >= 11 is 6.11. The van der Waals surface area contributed by atoms with Gasteiger partial charge in [0.1, 0.15) is 5.75 Å². The topological polar surface area (TPSA) is 66.9 Å². The molecule has 1 amide bonds. The highest BCUT2D eigenvalue weighted by Crippen LogP contribution is 2.41. The molecular weight excluding hydrogens is 376 g/mol. The third-order valence-corrected chi connectivity index (χ3v) is 7.00. The van der Waals surface area contributed by atoms with Crippen LogP contribution >= 0.6 is 11.6 Å². The number of ether oxygens (including phenoxy) is 1. The molecule has 26 heavy (non-hydrogen) atoms. The van der Waals surface area contributed by atoms with E-state index in [1.807, 2.05) is 13.0 Å². The van der Waals surface area contributed by atoms with Gasteiger partial charge < -0.3 is 9.64 Å². The predicted octanol–water partition coefficient (Wildman–Crippen LogP) is 2.42. The van der Waals surface area contributed by atoms with Crippen LogP contribution in [-0.4, -0.2) is 56.3 Å². The molecule has 8 heteroatoms. The van der Waals surface area contributed by atoms with Crippen molar-refractivity contribution in [3.63, 3.8) is 0 Å². The minimum absolute atomic E-state index is 0.0321. The summed E-state index contributed by atoms with van der Waals surface area (Å²) in [6.07, 6.45) is 1.52. The van der Waals surface area contributed by atoms with Crippen molar-refractivity contribution in [3.05, 3.63) is 40.8 Å². The van der Waals surface area contributed by atoms with Crippen molar-refractivity contribution in [2.45, 2.75) is 19.8 Å². The molecule has 0 aromatic heterocycles. The number of halogens is 1. The summed E-state index contributed by atoms with van der Waals surface area (Å²) in [7, 11) is -3.35. The quantitative estimate of drug-likeness (QED) is 0.764. The van der Waals surface area contributed by atoms with Crippen molar-refractivity contribution in [1.29, 1.82) is 0 Å². The second kappa shape index (κ2) is 7.21. The van der Waals surface area contributed by atoms with Gasteiger partial charge in [0.15, 0.2) is 6.61 Å². The van der Waals surface area contributed by atoms with E-state index in [4.69, 9.17) is 16.3 Å². The number of rotatable bonds is 5. The van der Waals surface area contributed by atoms with Gasteiger partial charge >= 0.3 is 0 Å². The van der Waals surface area contributed by atoms with Gasteiger partial charge in [-0.3, -0.25) is 4.79 Å². The van der Waals surface area contributed by atoms with Crippen LogP contribution in [0, 0.1) is 12.3 Å². The van der Waals surface area contributed by atoms with E-state index < -0.39 is 10.0 Å². The second-order valence-electron chi connectivity index (χ2n) is 7.08. The Morgan fingerprint density at radius 1 is 1.35 bits per heavy atom. The predicted molar refractivity (Wildman–Crippen MR) is 101 cm³/mol. The highest BCUT2D eigenvalue weighted by Gasteiger charge is 2.47. The van der Waals surface area contributed by atoms with Crippen molar-refractivity contribution in [2.75, 3.05) is 32.8 Å². The average molecular weight is 399 g/mol. The molecule has 0 bridgehead atoms. The van der Waals surface area contributed by atoms with Crippen molar-refractivity contribution in [1.82, 2.24) is 9.21 Å². The lowest BCUT2D eigenvalue weighted by molar-refractivity contribution is -0.148. The maximum atomic E-state index is 12.3. The number of hydrogen-bond donors (Lipinski definition) is 0. The molecule has 0 saturated carbocycles. The first-order chi connectivity index (χ1) is 12.2. The van der Waals surface area contributed by atoms with Crippen LogP contribution in [0.2, 0.25) is 5.02 Å². The monoisotopic (exact) mass is 398 g/mol. The fourth-order valence-corrected chi connectivity index (χ4v) is 4.72. The van der Waals surface area contributed by atoms with E-state index >= 15 is 0 Å². The number of carbonyl (C=O) groups excluding carboxylic acids is 1. The highest BCUT2D eigenvalue weighted by molar-refractivity contribution is 7.92. The fraction of sp³-hybridized carbons (Fsp3) is 0.500. The molecule has 2 heterocycles. The number of amides is 1. The Morgan fingerprint density at radius 2 is 2.00 bits per heavy atom. The van der Waals surface area contributed by atoms with E-state index in [0.29, 0.717) is 37.0 Å². The third-order valence-electron chi connectivity index (χ3n) is 5.20. The fourth-order valence-electron chi connectivity index (χ4n) is 3.53. The first-order valence-corrected chi connectivity index (χ1v) is 10.4. The van der Waals surface area contributed by atoms with Gasteiger partial charge in [0.25, 0.3) is 5.91 Å². The molecule has 2 fully saturated rings. The summed E-state index contributed by atoms with van der Waals surface area (Å²) in [5, 5.41) is 1.49. The molecule has 2 aliphatic heterocycles. The number of aryl methyl sites for hydroxylation is 1. The third kappa shape index (κ3) is 3.89. The molecule has 0 radical (unpaired) electrons. The van der Waals surface area contributed by atoms with E-state index in [2.05, 4.69) is 6.58 Å². The summed E-state index contributed by atoms with van der Waals surface area (Å²) < 4.78 is 30.7. The van der Waals surface area contributed by atoms with Gasteiger partial charge in [-0.25, -0.2) is 8.42 Å². The molecule has 0 N–H and O–H groups in total. The molecule has 1 aromatic carbocycles. The van der Waals surface area contributed by atoms with Gasteiger partial charge in [-0.15, -0.1) is 0 Å². The molecule has 2 saturated heterocycles. The molecule has 1 aromatic rings. The molecule has 0 aliphatic carbocycles. The zero-order valence-corrected chi connectivity index (χ0v) is 16.4. The Labute approximate surface area is 159 Å². The lowest BCUT2D eigenvalue weighted by atomic mass is 9.72. The van der Waals surface area contributed by atoms with Crippen LogP contribution < -0.4 is 4.74 Å². The number of benzene rings is 1. The van der Waals surface area contributed by atoms with E-state index in [9.17, 15) is 13.2 Å². The van der Waals surface area contributed by atoms with Gasteiger partial charge in [0, 0.05) is 37.0 Å². The minimum atomic E-state index is -3.35. The summed E-state index contributed by atoms with van der Waals surface area (Å²) in [5.41, 5.74) is 1.06. The molecule has 1 spiro atoms. The van der Waals surface area contributed by atoms with Crippen molar-refractivity contribution in [2.24, 2.45) is 5.41 Å². The van der Waals surface area contributed by atoms with E-state index in [1.165, 1.54) is 4.31 Å². The Balaban J connectivity index is 1.48. The van der Waals surface area contributed by atoms with Gasteiger partial charge in [0.05, 0.1) is 5.02 Å². The standard InChI is InChI=1S/C18H23ClN2O4S/c1-3-26(23,24)21-8-6-18(7-9-21)12-20(13-18)17(22)11-25-16-5-4-14(2)10-15(16)19/h3-5,10H,1,6-9,11-13H2,2H3. The van der Waals surface area contributed by atoms with Crippen LogP contribution in [0.3, 0.4) is 0 Å². The molecular formula is C18H23ClN2O4S. The van der Waals surface area contributed by atoms with Crippen molar-refractivity contribution >= 4 is 27.5 Å². The lowest BCUT2D eigenvalue weighted by Crippen LogP contribution is -2.62. The molecule has 0 atom stereocenters. The molecule has 0 unspecified atom stereocenters. The Bertz CT molecular complexity index is 808. The van der Waals surface area contributed by atoms with Gasteiger partial charge in [-0.2, -0.15) is 4.31 Å². The normalized spacial score (nSPS) is 19.8. The van der Waals surface area contributed by atoms with Gasteiger partial charge in [-0.05, 0) is 37.5 Å². The Morgan fingerprint density at radius 3 is 2.58 bits per heavy atom. The maximum absolute atomic E-state index is 12.3. The number of nitrogens with zero attached hydrogens (tertiary/aromatic N) is 2. The number of piperidine rings is 1. The summed E-state index contributed by atoms with van der Waals surface area (Å²) in [6, 6.07) is 5.44. The van der Waals surface area contributed by atoms with Crippen LogP contribution in [0.1, 0.15) is 18.4 Å². The number of carbonyl (C=O) groups is 1.